The molecule has 6 heteroatoms. The Bertz CT molecular complexity index is 685. The maximum atomic E-state index is 13.4. The van der Waals surface area contributed by atoms with Crippen LogP contribution >= 0.6 is 0 Å². The maximum absolute atomic E-state index is 13.4. The Morgan fingerprint density at radius 2 is 1.57 bits per heavy atom. The predicted molar refractivity (Wildman–Crippen MR) is 76.5 cm³/mol. The summed E-state index contributed by atoms with van der Waals surface area (Å²) in [6.07, 6.45) is 1.82. The predicted octanol–water partition coefficient (Wildman–Crippen LogP) is 4.46. The highest BCUT2D eigenvalue weighted by Crippen LogP contribution is 2.26. The fraction of sp³-hybridized carbons (Fsp3) is 0.235. The fourth-order valence-electron chi connectivity index (χ4n) is 2.05. The number of carbonyl (C=O) groups excluding carboxylic acids is 1. The van der Waals surface area contributed by atoms with Crippen molar-refractivity contribution in [3.63, 3.8) is 0 Å². The van der Waals surface area contributed by atoms with Gasteiger partial charge in [-0.15, -0.1) is 0 Å². The first-order chi connectivity index (χ1) is 10.9. The van der Waals surface area contributed by atoms with Gasteiger partial charge in [-0.3, -0.25) is 4.79 Å². The zero-order valence-electron chi connectivity index (χ0n) is 12.3. The quantitative estimate of drug-likeness (QED) is 0.445. The second-order valence-corrected chi connectivity index (χ2v) is 4.96. The molecule has 0 fully saturated rings. The summed E-state index contributed by atoms with van der Waals surface area (Å²) in [4.78, 5) is 11.9. The molecule has 0 saturated carbocycles. The Kier molecular flexibility index (Phi) is 5.36. The molecular weight excluding hydrogens is 312 g/mol. The lowest BCUT2D eigenvalue weighted by Crippen LogP contribution is -2.14. The first-order valence-electron chi connectivity index (χ1n) is 7.02. The third-order valence-corrected chi connectivity index (χ3v) is 3.23. The average Bonchev–Trinajstić information content (AvgIpc) is 2.54. The fourth-order valence-corrected chi connectivity index (χ4v) is 2.05. The van der Waals surface area contributed by atoms with Crippen molar-refractivity contribution < 1.29 is 27.1 Å². The summed E-state index contributed by atoms with van der Waals surface area (Å²) in [6, 6.07) is 6.73. The standard InChI is InChI=1S/C17H14F4O2/c1-2-3-10-4-6-11(7-5-10)14(22)9-23-17-15(20)12(18)8-13(19)16(17)21/h4-8H,2-3,9H2,1H3. The molecule has 0 unspecified atom stereocenters. The molecule has 0 spiro atoms. The van der Waals surface area contributed by atoms with Gasteiger partial charge in [0.2, 0.25) is 11.6 Å². The van der Waals surface area contributed by atoms with Crippen LogP contribution in [0, 0.1) is 23.3 Å². The van der Waals surface area contributed by atoms with E-state index in [0.29, 0.717) is 0 Å². The third kappa shape index (κ3) is 3.88. The monoisotopic (exact) mass is 326 g/mol. The molecule has 2 aromatic carbocycles. The number of hydrogen-bond donors (Lipinski definition) is 0. The van der Waals surface area contributed by atoms with Crippen molar-refractivity contribution in [3.8, 4) is 5.75 Å². The topological polar surface area (TPSA) is 26.3 Å². The molecule has 0 N–H and O–H groups in total. The number of rotatable bonds is 6. The summed E-state index contributed by atoms with van der Waals surface area (Å²) in [5.74, 6) is -8.31. The number of carbonyl (C=O) groups is 1. The summed E-state index contributed by atoms with van der Waals surface area (Å²) in [5.41, 5.74) is 1.33. The highest BCUT2D eigenvalue weighted by atomic mass is 19.2. The summed E-state index contributed by atoms with van der Waals surface area (Å²) in [6.45, 7) is 1.29. The summed E-state index contributed by atoms with van der Waals surface area (Å²) < 4.78 is 57.5. The smallest absolute Gasteiger partial charge is 0.203 e. The molecule has 0 atom stereocenters. The van der Waals surface area contributed by atoms with E-state index < -0.39 is 41.4 Å². The number of Topliss-reactive ketones (excluding diaryl/α,β-unsaturated/α-hetero) is 1. The maximum Gasteiger partial charge on any atom is 0.203 e. The van der Waals surface area contributed by atoms with Gasteiger partial charge in [-0.2, -0.15) is 8.78 Å². The second-order valence-electron chi connectivity index (χ2n) is 4.96. The number of benzene rings is 2. The van der Waals surface area contributed by atoms with E-state index in [1.807, 2.05) is 6.92 Å². The minimum atomic E-state index is -1.67. The van der Waals surface area contributed by atoms with Crippen molar-refractivity contribution in [2.24, 2.45) is 0 Å². The van der Waals surface area contributed by atoms with Gasteiger partial charge in [0.05, 0.1) is 0 Å². The molecule has 2 rings (SSSR count). The average molecular weight is 326 g/mol. The van der Waals surface area contributed by atoms with Crippen molar-refractivity contribution in [2.45, 2.75) is 19.8 Å². The largest absolute Gasteiger partial charge is 0.479 e. The van der Waals surface area contributed by atoms with Gasteiger partial charge < -0.3 is 4.74 Å². The van der Waals surface area contributed by atoms with Crippen molar-refractivity contribution >= 4 is 5.78 Å². The lowest BCUT2D eigenvalue weighted by Gasteiger charge is -2.09. The van der Waals surface area contributed by atoms with Gasteiger partial charge in [-0.1, -0.05) is 37.6 Å². The number of halogens is 4. The van der Waals surface area contributed by atoms with E-state index in [4.69, 9.17) is 0 Å². The first-order valence-corrected chi connectivity index (χ1v) is 7.02. The first kappa shape index (κ1) is 17.0. The van der Waals surface area contributed by atoms with E-state index >= 15 is 0 Å². The summed E-state index contributed by atoms with van der Waals surface area (Å²) in [7, 11) is 0. The number of aryl methyl sites for hydroxylation is 1. The van der Waals surface area contributed by atoms with Crippen LogP contribution in [0.1, 0.15) is 29.3 Å². The van der Waals surface area contributed by atoms with Gasteiger partial charge in [-0.25, -0.2) is 8.78 Å². The molecule has 122 valence electrons. The molecule has 0 aliphatic rings. The highest BCUT2D eigenvalue weighted by molar-refractivity contribution is 5.97. The van der Waals surface area contributed by atoms with E-state index in [0.717, 1.165) is 18.4 Å². The minimum absolute atomic E-state index is 0.0752. The second kappa shape index (κ2) is 7.26. The number of ketones is 1. The van der Waals surface area contributed by atoms with E-state index in [1.165, 1.54) is 0 Å². The van der Waals surface area contributed by atoms with Crippen LogP contribution in [0.2, 0.25) is 0 Å². The molecule has 0 radical (unpaired) electrons. The van der Waals surface area contributed by atoms with Crippen molar-refractivity contribution in [2.75, 3.05) is 6.61 Å². The zero-order valence-corrected chi connectivity index (χ0v) is 12.3. The highest BCUT2D eigenvalue weighted by Gasteiger charge is 2.21. The van der Waals surface area contributed by atoms with Gasteiger partial charge >= 0.3 is 0 Å². The van der Waals surface area contributed by atoms with Crippen molar-refractivity contribution in [1.82, 2.24) is 0 Å². The number of ether oxygens (including phenoxy) is 1. The molecule has 0 aliphatic carbocycles. The summed E-state index contributed by atoms with van der Waals surface area (Å²) >= 11 is 0. The zero-order chi connectivity index (χ0) is 17.0. The van der Waals surface area contributed by atoms with Gasteiger partial charge in [0, 0.05) is 11.6 Å². The Morgan fingerprint density at radius 3 is 2.09 bits per heavy atom. The van der Waals surface area contributed by atoms with Crippen LogP contribution in [0.4, 0.5) is 17.6 Å². The van der Waals surface area contributed by atoms with Gasteiger partial charge in [-0.05, 0) is 12.0 Å². The van der Waals surface area contributed by atoms with Crippen LogP contribution < -0.4 is 4.74 Å². The van der Waals surface area contributed by atoms with Crippen LogP contribution in [0.5, 0.6) is 5.75 Å². The third-order valence-electron chi connectivity index (χ3n) is 3.23. The minimum Gasteiger partial charge on any atom is -0.479 e. The van der Waals surface area contributed by atoms with Gasteiger partial charge in [0.1, 0.15) is 0 Å². The van der Waals surface area contributed by atoms with Crippen molar-refractivity contribution in [3.05, 3.63) is 64.7 Å². The summed E-state index contributed by atoms with van der Waals surface area (Å²) in [5, 5.41) is 0. The van der Waals surface area contributed by atoms with E-state index in [9.17, 15) is 22.4 Å². The van der Waals surface area contributed by atoms with Crippen molar-refractivity contribution in [1.29, 1.82) is 0 Å². The van der Waals surface area contributed by atoms with Crippen LogP contribution in [0.15, 0.2) is 30.3 Å². The molecule has 0 aromatic heterocycles. The van der Waals surface area contributed by atoms with Crippen LogP contribution in [0.25, 0.3) is 0 Å². The molecule has 0 bridgehead atoms. The van der Waals surface area contributed by atoms with Crippen LogP contribution in [0.3, 0.4) is 0 Å². The molecule has 2 nitrogen and oxygen atoms in total. The SMILES string of the molecule is CCCc1ccc(C(=O)COc2c(F)c(F)cc(F)c2F)cc1. The van der Waals surface area contributed by atoms with E-state index in [2.05, 4.69) is 4.74 Å². The Hall–Kier alpha value is -2.37. The Morgan fingerprint density at radius 1 is 1.00 bits per heavy atom. The van der Waals surface area contributed by atoms with Gasteiger partial charge in [0.25, 0.3) is 0 Å². The lowest BCUT2D eigenvalue weighted by atomic mass is 10.1. The molecule has 23 heavy (non-hydrogen) atoms. The van der Waals surface area contributed by atoms with Crippen LogP contribution in [-0.2, 0) is 6.42 Å². The van der Waals surface area contributed by atoms with E-state index in [1.54, 1.807) is 24.3 Å². The Labute approximate surface area is 130 Å². The van der Waals surface area contributed by atoms with E-state index in [-0.39, 0.29) is 11.6 Å². The lowest BCUT2D eigenvalue weighted by molar-refractivity contribution is 0.0913. The van der Waals surface area contributed by atoms with Gasteiger partial charge in [0.15, 0.2) is 29.8 Å². The van der Waals surface area contributed by atoms with Crippen LogP contribution in [-0.4, -0.2) is 12.4 Å². The number of hydrogen-bond acceptors (Lipinski definition) is 2. The molecule has 2 aromatic rings. The Balaban J connectivity index is 2.10. The molecule has 0 saturated heterocycles. The molecule has 0 aliphatic heterocycles. The molecular formula is C17H14F4O2. The molecule has 0 amide bonds. The molecule has 0 heterocycles. The normalized spacial score (nSPS) is 10.7.